The van der Waals surface area contributed by atoms with Crippen LogP contribution in [0.3, 0.4) is 0 Å². The van der Waals surface area contributed by atoms with E-state index in [1.165, 1.54) is 10.9 Å². The summed E-state index contributed by atoms with van der Waals surface area (Å²) in [7, 11) is 0. The molecule has 2 aromatic rings. The van der Waals surface area contributed by atoms with Crippen molar-refractivity contribution < 1.29 is 0 Å². The first-order valence-corrected chi connectivity index (χ1v) is 7.38. The molecule has 0 atom stereocenters. The molecule has 1 aliphatic heterocycles. The number of hydrogen-bond acceptors (Lipinski definition) is 2. The van der Waals surface area contributed by atoms with Crippen molar-refractivity contribution >= 4 is 22.5 Å². The highest BCUT2D eigenvalue weighted by atomic mass is 35.5. The van der Waals surface area contributed by atoms with Crippen molar-refractivity contribution in [3.8, 4) is 0 Å². The minimum Gasteiger partial charge on any atom is -0.299 e. The average molecular weight is 275 g/mol. The van der Waals surface area contributed by atoms with E-state index in [4.69, 9.17) is 11.6 Å². The Balaban J connectivity index is 1.88. The highest BCUT2D eigenvalue weighted by Crippen LogP contribution is 2.22. The van der Waals surface area contributed by atoms with Gasteiger partial charge in [0.15, 0.2) is 0 Å². The maximum Gasteiger partial charge on any atom is 0.0708 e. The van der Waals surface area contributed by atoms with Crippen LogP contribution in [0, 0.1) is 6.92 Å². The first-order chi connectivity index (χ1) is 9.22. The van der Waals surface area contributed by atoms with Crippen LogP contribution in [0.2, 0.25) is 0 Å². The van der Waals surface area contributed by atoms with Crippen molar-refractivity contribution in [2.75, 3.05) is 13.1 Å². The van der Waals surface area contributed by atoms with Crippen LogP contribution in [0.15, 0.2) is 30.3 Å². The number of aromatic nitrogens is 1. The zero-order chi connectivity index (χ0) is 13.2. The van der Waals surface area contributed by atoms with Gasteiger partial charge in [-0.1, -0.05) is 18.2 Å². The zero-order valence-corrected chi connectivity index (χ0v) is 12.0. The van der Waals surface area contributed by atoms with Crippen LogP contribution >= 0.6 is 11.6 Å². The van der Waals surface area contributed by atoms with Crippen molar-refractivity contribution in [1.82, 2.24) is 9.88 Å². The number of nitrogens with zero attached hydrogens (tertiary/aromatic N) is 2. The molecular formula is C16H19ClN2. The summed E-state index contributed by atoms with van der Waals surface area (Å²) in [6.45, 7) is 5.28. The Hall–Kier alpha value is -1.12. The fourth-order valence-corrected chi connectivity index (χ4v) is 3.02. The van der Waals surface area contributed by atoms with Gasteiger partial charge < -0.3 is 0 Å². The van der Waals surface area contributed by atoms with Crippen molar-refractivity contribution in [1.29, 1.82) is 0 Å². The Labute approximate surface area is 119 Å². The summed E-state index contributed by atoms with van der Waals surface area (Å²) in [4.78, 5) is 7.10. The van der Waals surface area contributed by atoms with Gasteiger partial charge >= 0.3 is 0 Å². The Morgan fingerprint density at radius 2 is 2.00 bits per heavy atom. The van der Waals surface area contributed by atoms with Crippen LogP contribution in [0.5, 0.6) is 0 Å². The van der Waals surface area contributed by atoms with Gasteiger partial charge in [-0.2, -0.15) is 0 Å². The molecule has 1 aromatic heterocycles. The second-order valence-corrected chi connectivity index (χ2v) is 6.01. The Bertz CT molecular complexity index is 574. The summed E-state index contributed by atoms with van der Waals surface area (Å²) in [6.07, 6.45) is 2.20. The number of pyridine rings is 1. The molecule has 0 radical (unpaired) electrons. The molecule has 0 saturated carbocycles. The van der Waals surface area contributed by atoms with Crippen LogP contribution in [0.25, 0.3) is 10.9 Å². The quantitative estimate of drug-likeness (QED) is 0.776. The molecule has 3 rings (SSSR count). The van der Waals surface area contributed by atoms with Gasteiger partial charge in [0, 0.05) is 23.0 Å². The van der Waals surface area contributed by atoms with E-state index in [1.807, 2.05) is 0 Å². The summed E-state index contributed by atoms with van der Waals surface area (Å²) in [5.74, 6) is 0. The lowest BCUT2D eigenvalue weighted by atomic mass is 10.1. The van der Waals surface area contributed by atoms with Crippen LogP contribution in [0.4, 0.5) is 0 Å². The number of halogens is 1. The van der Waals surface area contributed by atoms with Gasteiger partial charge in [0.25, 0.3) is 0 Å². The Morgan fingerprint density at radius 1 is 1.26 bits per heavy atom. The van der Waals surface area contributed by atoms with E-state index in [0.29, 0.717) is 5.38 Å². The smallest absolute Gasteiger partial charge is 0.0708 e. The fraction of sp³-hybridized carbons (Fsp3) is 0.438. The predicted octanol–water partition coefficient (Wildman–Crippen LogP) is 3.75. The third-order valence-electron chi connectivity index (χ3n) is 3.84. The van der Waals surface area contributed by atoms with E-state index in [0.717, 1.165) is 43.7 Å². The molecule has 0 N–H and O–H groups in total. The summed E-state index contributed by atoms with van der Waals surface area (Å²) >= 11 is 6.17. The molecule has 1 aliphatic rings. The first-order valence-electron chi connectivity index (χ1n) is 6.94. The number of benzene rings is 1. The highest BCUT2D eigenvalue weighted by molar-refractivity contribution is 6.20. The summed E-state index contributed by atoms with van der Waals surface area (Å²) in [5, 5.41) is 1.65. The minimum atomic E-state index is 0.368. The molecule has 0 amide bonds. The number of rotatable bonds is 2. The lowest BCUT2D eigenvalue weighted by Crippen LogP contribution is -2.33. The normalized spacial score (nSPS) is 18.0. The van der Waals surface area contributed by atoms with Gasteiger partial charge in [-0.3, -0.25) is 9.88 Å². The van der Waals surface area contributed by atoms with Gasteiger partial charge in [0.1, 0.15) is 0 Å². The maximum atomic E-state index is 6.17. The molecule has 1 fully saturated rings. The molecule has 0 spiro atoms. The van der Waals surface area contributed by atoms with E-state index < -0.39 is 0 Å². The van der Waals surface area contributed by atoms with Gasteiger partial charge in [-0.15, -0.1) is 11.6 Å². The summed E-state index contributed by atoms with van der Waals surface area (Å²) < 4.78 is 0. The van der Waals surface area contributed by atoms with Crippen LogP contribution in [-0.4, -0.2) is 28.4 Å². The molecule has 0 aliphatic carbocycles. The monoisotopic (exact) mass is 274 g/mol. The molecule has 0 unspecified atom stereocenters. The number of aryl methyl sites for hydroxylation is 1. The largest absolute Gasteiger partial charge is 0.299 e. The lowest BCUT2D eigenvalue weighted by molar-refractivity contribution is 0.224. The SMILES string of the molecule is Cc1cc(CN2CCC(Cl)CC2)c2ccccc2n1. The van der Waals surface area contributed by atoms with Crippen molar-refractivity contribution in [2.24, 2.45) is 0 Å². The number of likely N-dealkylation sites (tertiary alicyclic amines) is 1. The fourth-order valence-electron chi connectivity index (χ4n) is 2.83. The number of piperidine rings is 1. The van der Waals surface area contributed by atoms with Gasteiger partial charge in [0.05, 0.1) is 5.52 Å². The molecule has 3 heteroatoms. The highest BCUT2D eigenvalue weighted by Gasteiger charge is 2.18. The second kappa shape index (κ2) is 5.48. The van der Waals surface area contributed by atoms with Crippen molar-refractivity contribution in [3.63, 3.8) is 0 Å². The summed E-state index contributed by atoms with van der Waals surface area (Å²) in [6, 6.07) is 10.6. The first kappa shape index (κ1) is 12.9. The molecule has 1 saturated heterocycles. The Morgan fingerprint density at radius 3 is 2.79 bits per heavy atom. The molecule has 100 valence electrons. The lowest BCUT2D eigenvalue weighted by Gasteiger charge is -2.29. The molecule has 2 nitrogen and oxygen atoms in total. The van der Waals surface area contributed by atoms with E-state index in [1.54, 1.807) is 0 Å². The predicted molar refractivity (Wildman–Crippen MR) is 80.6 cm³/mol. The average Bonchev–Trinajstić information content (AvgIpc) is 2.41. The topological polar surface area (TPSA) is 16.1 Å². The minimum absolute atomic E-state index is 0.368. The number of hydrogen-bond donors (Lipinski definition) is 0. The van der Waals surface area contributed by atoms with E-state index in [9.17, 15) is 0 Å². The standard InChI is InChI=1S/C16H19ClN2/c1-12-10-13(11-19-8-6-14(17)7-9-19)15-4-2-3-5-16(15)18-12/h2-5,10,14H,6-9,11H2,1H3. The zero-order valence-electron chi connectivity index (χ0n) is 11.3. The molecule has 1 aromatic carbocycles. The molecule has 19 heavy (non-hydrogen) atoms. The maximum absolute atomic E-state index is 6.17. The van der Waals surface area contributed by atoms with Crippen molar-refractivity contribution in [3.05, 3.63) is 41.6 Å². The van der Waals surface area contributed by atoms with Gasteiger partial charge in [-0.25, -0.2) is 0 Å². The number of para-hydroxylation sites is 1. The van der Waals surface area contributed by atoms with Gasteiger partial charge in [0.2, 0.25) is 0 Å². The third-order valence-corrected chi connectivity index (χ3v) is 4.28. The Kier molecular flexibility index (Phi) is 3.72. The number of fused-ring (bicyclic) bond motifs is 1. The van der Waals surface area contributed by atoms with Gasteiger partial charge in [-0.05, 0) is 50.6 Å². The van der Waals surface area contributed by atoms with E-state index >= 15 is 0 Å². The molecule has 2 heterocycles. The van der Waals surface area contributed by atoms with E-state index in [-0.39, 0.29) is 0 Å². The third kappa shape index (κ3) is 2.90. The molecular weight excluding hydrogens is 256 g/mol. The van der Waals surface area contributed by atoms with E-state index in [2.05, 4.69) is 47.1 Å². The molecule has 0 bridgehead atoms. The second-order valence-electron chi connectivity index (χ2n) is 5.39. The van der Waals surface area contributed by atoms with Crippen molar-refractivity contribution in [2.45, 2.75) is 31.7 Å². The van der Waals surface area contributed by atoms with Crippen LogP contribution < -0.4 is 0 Å². The van der Waals surface area contributed by atoms with Crippen LogP contribution in [0.1, 0.15) is 24.1 Å². The summed E-state index contributed by atoms with van der Waals surface area (Å²) in [5.41, 5.74) is 3.58. The number of alkyl halides is 1. The van der Waals surface area contributed by atoms with Crippen LogP contribution in [-0.2, 0) is 6.54 Å².